The molecule has 30 heavy (non-hydrogen) atoms. The minimum atomic E-state index is -0.286. The van der Waals surface area contributed by atoms with E-state index in [1.54, 1.807) is 18.3 Å². The molecule has 3 aromatic rings. The molecule has 1 unspecified atom stereocenters. The van der Waals surface area contributed by atoms with E-state index in [0.29, 0.717) is 23.3 Å². The number of carbonyl (C=O) groups excluding carboxylic acids is 1. The molecule has 1 saturated carbocycles. The fraction of sp³-hybridized carbons (Fsp3) is 0.292. The number of nitrogens with zero attached hydrogens (tertiary/aromatic N) is 2. The minimum absolute atomic E-state index is 0.124. The number of nitrogens with one attached hydrogen (secondary N) is 1. The summed E-state index contributed by atoms with van der Waals surface area (Å²) >= 11 is 3.40. The van der Waals surface area contributed by atoms with Crippen molar-refractivity contribution in [1.29, 1.82) is 0 Å². The van der Waals surface area contributed by atoms with Gasteiger partial charge in [-0.3, -0.25) is 4.79 Å². The highest BCUT2D eigenvalue weighted by Gasteiger charge is 2.29. The van der Waals surface area contributed by atoms with E-state index in [2.05, 4.69) is 33.2 Å². The molecule has 0 spiro atoms. The van der Waals surface area contributed by atoms with Crippen LogP contribution >= 0.6 is 15.9 Å². The summed E-state index contributed by atoms with van der Waals surface area (Å²) in [6, 6.07) is 13.9. The van der Waals surface area contributed by atoms with E-state index in [-0.39, 0.29) is 18.1 Å². The van der Waals surface area contributed by atoms with Crippen LogP contribution in [0.25, 0.3) is 11.3 Å². The maximum absolute atomic E-state index is 13.3. The van der Waals surface area contributed by atoms with Gasteiger partial charge >= 0.3 is 0 Å². The van der Waals surface area contributed by atoms with E-state index in [0.717, 1.165) is 27.7 Å². The van der Waals surface area contributed by atoms with Crippen LogP contribution in [-0.4, -0.2) is 15.9 Å². The molecule has 1 aliphatic rings. The number of rotatable bonds is 7. The lowest BCUT2D eigenvalue weighted by Gasteiger charge is -2.15. The van der Waals surface area contributed by atoms with Crippen LogP contribution in [0.3, 0.4) is 0 Å². The van der Waals surface area contributed by atoms with Crippen molar-refractivity contribution in [2.45, 2.75) is 32.6 Å². The van der Waals surface area contributed by atoms with Gasteiger partial charge in [0.2, 0.25) is 5.91 Å². The van der Waals surface area contributed by atoms with Crippen LogP contribution in [-0.2, 0) is 17.6 Å². The summed E-state index contributed by atoms with van der Waals surface area (Å²) in [6.07, 6.45) is 5.15. The number of hydrogen-bond acceptors (Lipinski definition) is 3. The Morgan fingerprint density at radius 1 is 1.17 bits per heavy atom. The lowest BCUT2D eigenvalue weighted by Crippen LogP contribution is -2.18. The van der Waals surface area contributed by atoms with Gasteiger partial charge in [-0.15, -0.1) is 0 Å². The summed E-state index contributed by atoms with van der Waals surface area (Å²) in [5, 5.41) is 2.94. The van der Waals surface area contributed by atoms with E-state index in [1.165, 1.54) is 25.0 Å². The van der Waals surface area contributed by atoms with Gasteiger partial charge in [0.05, 0.1) is 24.0 Å². The topological polar surface area (TPSA) is 54.9 Å². The van der Waals surface area contributed by atoms with Crippen molar-refractivity contribution >= 4 is 27.7 Å². The molecule has 1 atom stereocenters. The monoisotopic (exact) mass is 467 g/mol. The molecule has 1 heterocycles. The van der Waals surface area contributed by atoms with E-state index in [4.69, 9.17) is 4.98 Å². The predicted octanol–water partition coefficient (Wildman–Crippen LogP) is 5.82. The Morgan fingerprint density at radius 2 is 1.87 bits per heavy atom. The first-order chi connectivity index (χ1) is 14.5. The summed E-state index contributed by atoms with van der Waals surface area (Å²) in [7, 11) is 0. The van der Waals surface area contributed by atoms with Crippen LogP contribution in [0.2, 0.25) is 0 Å². The molecule has 1 aliphatic carbocycles. The Balaban J connectivity index is 1.56. The van der Waals surface area contributed by atoms with Crippen molar-refractivity contribution in [3.05, 3.63) is 76.3 Å². The van der Waals surface area contributed by atoms with Gasteiger partial charge in [-0.25, -0.2) is 14.4 Å². The third-order valence-electron chi connectivity index (χ3n) is 5.46. The smallest absolute Gasteiger partial charge is 0.229 e. The van der Waals surface area contributed by atoms with Crippen LogP contribution < -0.4 is 5.32 Å². The molecule has 4 nitrogen and oxygen atoms in total. The van der Waals surface area contributed by atoms with Gasteiger partial charge in [0.1, 0.15) is 5.82 Å². The fourth-order valence-corrected chi connectivity index (χ4v) is 3.80. The van der Waals surface area contributed by atoms with Crippen molar-refractivity contribution in [3.8, 4) is 11.3 Å². The second-order valence-corrected chi connectivity index (χ2v) is 8.84. The number of amides is 1. The molecule has 2 aromatic carbocycles. The number of carbonyl (C=O) groups is 1. The first-order valence-electron chi connectivity index (χ1n) is 10.1. The summed E-state index contributed by atoms with van der Waals surface area (Å²) in [6.45, 7) is 2.22. The fourth-order valence-electron chi connectivity index (χ4n) is 3.53. The average Bonchev–Trinajstić information content (AvgIpc) is 3.57. The molecule has 6 heteroatoms. The second-order valence-electron chi connectivity index (χ2n) is 7.93. The number of aromatic nitrogens is 2. The zero-order valence-electron chi connectivity index (χ0n) is 16.7. The molecular weight excluding hydrogens is 445 g/mol. The maximum atomic E-state index is 13.3. The Morgan fingerprint density at radius 3 is 2.53 bits per heavy atom. The third kappa shape index (κ3) is 5.30. The van der Waals surface area contributed by atoms with Crippen molar-refractivity contribution in [2.24, 2.45) is 11.8 Å². The lowest BCUT2D eigenvalue weighted by molar-refractivity contribution is -0.115. The van der Waals surface area contributed by atoms with Gasteiger partial charge in [0.15, 0.2) is 5.82 Å². The maximum Gasteiger partial charge on any atom is 0.229 e. The normalized spacial score (nSPS) is 14.4. The molecule has 1 amide bonds. The van der Waals surface area contributed by atoms with Crippen molar-refractivity contribution in [1.82, 2.24) is 9.97 Å². The number of hydrogen-bond donors (Lipinski definition) is 1. The molecular formula is C24H23BrFN3O. The van der Waals surface area contributed by atoms with Gasteiger partial charge in [-0.05, 0) is 73.1 Å². The minimum Gasteiger partial charge on any atom is -0.309 e. The molecule has 4 rings (SSSR count). The first-order valence-corrected chi connectivity index (χ1v) is 10.9. The average molecular weight is 468 g/mol. The summed E-state index contributed by atoms with van der Waals surface area (Å²) in [5.41, 5.74) is 3.19. The lowest BCUT2D eigenvalue weighted by atomic mass is 9.99. The Bertz CT molecular complexity index is 1030. The van der Waals surface area contributed by atoms with Gasteiger partial charge in [0, 0.05) is 10.0 Å². The van der Waals surface area contributed by atoms with Gasteiger partial charge in [0.25, 0.3) is 0 Å². The summed E-state index contributed by atoms with van der Waals surface area (Å²) in [5.74, 6) is 1.29. The van der Waals surface area contributed by atoms with E-state index >= 15 is 0 Å². The van der Waals surface area contributed by atoms with E-state index in [1.807, 2.05) is 24.3 Å². The Hall–Kier alpha value is -2.60. The zero-order chi connectivity index (χ0) is 21.1. The van der Waals surface area contributed by atoms with Gasteiger partial charge < -0.3 is 5.32 Å². The first kappa shape index (κ1) is 20.7. The SMILES string of the molecule is CC(Cc1nc(-c2ccc(F)cc2)cnc1NC(=O)Cc1ccc(Br)cc1)C1CC1. The number of benzene rings is 2. The zero-order valence-corrected chi connectivity index (χ0v) is 18.3. The van der Waals surface area contributed by atoms with Crippen LogP contribution in [0.1, 0.15) is 31.0 Å². The Labute approximate surface area is 184 Å². The third-order valence-corrected chi connectivity index (χ3v) is 5.99. The van der Waals surface area contributed by atoms with E-state index in [9.17, 15) is 9.18 Å². The van der Waals surface area contributed by atoms with Crippen LogP contribution in [0, 0.1) is 17.7 Å². The Kier molecular flexibility index (Phi) is 6.23. The van der Waals surface area contributed by atoms with Gasteiger partial charge in [-0.1, -0.05) is 35.0 Å². The van der Waals surface area contributed by atoms with Crippen molar-refractivity contribution < 1.29 is 9.18 Å². The quantitative estimate of drug-likeness (QED) is 0.476. The molecule has 0 aliphatic heterocycles. The van der Waals surface area contributed by atoms with Crippen molar-refractivity contribution in [3.63, 3.8) is 0 Å². The molecule has 154 valence electrons. The number of halogens is 2. The van der Waals surface area contributed by atoms with Gasteiger partial charge in [-0.2, -0.15) is 0 Å². The van der Waals surface area contributed by atoms with Crippen LogP contribution in [0.5, 0.6) is 0 Å². The molecule has 1 aromatic heterocycles. The highest BCUT2D eigenvalue weighted by atomic mass is 79.9. The van der Waals surface area contributed by atoms with Crippen LogP contribution in [0.4, 0.5) is 10.2 Å². The summed E-state index contributed by atoms with van der Waals surface area (Å²) < 4.78 is 14.2. The van der Waals surface area contributed by atoms with Crippen molar-refractivity contribution in [2.75, 3.05) is 5.32 Å². The molecule has 1 fully saturated rings. The van der Waals surface area contributed by atoms with E-state index < -0.39 is 0 Å². The molecule has 0 radical (unpaired) electrons. The molecule has 0 saturated heterocycles. The molecule has 1 N–H and O–H groups in total. The predicted molar refractivity (Wildman–Crippen MR) is 119 cm³/mol. The van der Waals surface area contributed by atoms with Crippen LogP contribution in [0.15, 0.2) is 59.2 Å². The largest absolute Gasteiger partial charge is 0.309 e. The molecule has 0 bridgehead atoms. The highest BCUT2D eigenvalue weighted by Crippen LogP contribution is 2.38. The number of anilines is 1. The second kappa shape index (κ2) is 9.04. The summed E-state index contributed by atoms with van der Waals surface area (Å²) in [4.78, 5) is 21.9. The highest BCUT2D eigenvalue weighted by molar-refractivity contribution is 9.10. The standard InChI is InChI=1S/C24H23BrFN3O/c1-15(17-4-5-17)12-21-24(29-23(30)13-16-2-8-19(25)9-3-16)27-14-22(28-21)18-6-10-20(26)11-7-18/h2-3,6-11,14-15,17H,4-5,12-13H2,1H3,(H,27,29,30).